The van der Waals surface area contributed by atoms with Gasteiger partial charge in [-0.25, -0.2) is 4.79 Å². The SMILES string of the molecule is COC(=O)Cc1ccccc1C(O)C(O)C(=O)OC. The number of aliphatic hydroxyl groups excluding tert-OH is 2. The maximum absolute atomic E-state index is 11.3. The highest BCUT2D eigenvalue weighted by atomic mass is 16.5. The van der Waals surface area contributed by atoms with Crippen LogP contribution in [0.1, 0.15) is 17.2 Å². The second kappa shape index (κ2) is 6.86. The Balaban J connectivity index is 2.99. The molecule has 0 aliphatic heterocycles. The molecule has 2 N–H and O–H groups in total. The highest BCUT2D eigenvalue weighted by Crippen LogP contribution is 2.22. The minimum atomic E-state index is -1.70. The smallest absolute Gasteiger partial charge is 0.337 e. The van der Waals surface area contributed by atoms with Crippen LogP contribution in [0, 0.1) is 0 Å². The average molecular weight is 268 g/mol. The van der Waals surface area contributed by atoms with Gasteiger partial charge in [0.15, 0.2) is 6.10 Å². The zero-order valence-corrected chi connectivity index (χ0v) is 10.7. The van der Waals surface area contributed by atoms with Gasteiger partial charge in [-0.05, 0) is 11.1 Å². The van der Waals surface area contributed by atoms with Crippen LogP contribution in [-0.4, -0.2) is 42.5 Å². The molecule has 2 unspecified atom stereocenters. The van der Waals surface area contributed by atoms with Crippen LogP contribution in [0.3, 0.4) is 0 Å². The van der Waals surface area contributed by atoms with E-state index < -0.39 is 24.1 Å². The number of aliphatic hydroxyl groups is 2. The van der Waals surface area contributed by atoms with Gasteiger partial charge in [0.2, 0.25) is 0 Å². The third-order valence-electron chi connectivity index (χ3n) is 2.68. The number of benzene rings is 1. The fraction of sp³-hybridized carbons (Fsp3) is 0.385. The summed E-state index contributed by atoms with van der Waals surface area (Å²) in [7, 11) is 2.36. The normalized spacial score (nSPS) is 13.5. The largest absolute Gasteiger partial charge is 0.469 e. The Kier molecular flexibility index (Phi) is 5.47. The molecule has 6 nitrogen and oxygen atoms in total. The minimum absolute atomic E-state index is 0.0579. The van der Waals surface area contributed by atoms with Crippen LogP contribution in [0.15, 0.2) is 24.3 Å². The maximum atomic E-state index is 11.3. The lowest BCUT2D eigenvalue weighted by Gasteiger charge is -2.18. The first kappa shape index (κ1) is 15.1. The molecule has 0 heterocycles. The Labute approximate surface area is 110 Å². The van der Waals surface area contributed by atoms with E-state index in [1.165, 1.54) is 13.2 Å². The van der Waals surface area contributed by atoms with Crippen molar-refractivity contribution in [2.45, 2.75) is 18.6 Å². The van der Waals surface area contributed by atoms with Crippen molar-refractivity contribution >= 4 is 11.9 Å². The molecule has 2 atom stereocenters. The highest BCUT2D eigenvalue weighted by molar-refractivity contribution is 5.76. The summed E-state index contributed by atoms with van der Waals surface area (Å²) >= 11 is 0. The van der Waals surface area contributed by atoms with E-state index in [0.717, 1.165) is 7.11 Å². The Morgan fingerprint density at radius 2 is 1.79 bits per heavy atom. The van der Waals surface area contributed by atoms with Gasteiger partial charge in [0.25, 0.3) is 0 Å². The van der Waals surface area contributed by atoms with Gasteiger partial charge in [0, 0.05) is 0 Å². The van der Waals surface area contributed by atoms with Crippen molar-refractivity contribution in [1.82, 2.24) is 0 Å². The summed E-state index contributed by atoms with van der Waals surface area (Å²) in [5, 5.41) is 19.6. The Morgan fingerprint density at radius 3 is 2.37 bits per heavy atom. The first-order chi connectivity index (χ1) is 9.01. The van der Waals surface area contributed by atoms with E-state index in [0.29, 0.717) is 5.56 Å². The first-order valence-electron chi connectivity index (χ1n) is 5.59. The monoisotopic (exact) mass is 268 g/mol. The highest BCUT2D eigenvalue weighted by Gasteiger charge is 2.28. The topological polar surface area (TPSA) is 93.1 Å². The second-order valence-electron chi connectivity index (χ2n) is 3.86. The summed E-state index contributed by atoms with van der Waals surface area (Å²) in [4.78, 5) is 22.5. The van der Waals surface area contributed by atoms with Gasteiger partial charge in [-0.2, -0.15) is 0 Å². The summed E-state index contributed by atoms with van der Waals surface area (Å²) in [6.07, 6.45) is -3.23. The zero-order valence-electron chi connectivity index (χ0n) is 10.7. The lowest BCUT2D eigenvalue weighted by atomic mass is 9.97. The summed E-state index contributed by atoms with van der Waals surface area (Å²) < 4.78 is 8.90. The summed E-state index contributed by atoms with van der Waals surface area (Å²) in [6, 6.07) is 6.44. The molecule has 1 rings (SSSR count). The predicted molar refractivity (Wildman–Crippen MR) is 65.1 cm³/mol. The molecule has 6 heteroatoms. The number of ether oxygens (including phenoxy) is 2. The maximum Gasteiger partial charge on any atom is 0.337 e. The second-order valence-corrected chi connectivity index (χ2v) is 3.86. The molecule has 0 fully saturated rings. The molecule has 1 aromatic carbocycles. The molecule has 0 saturated carbocycles. The van der Waals surface area contributed by atoms with Crippen molar-refractivity contribution < 1.29 is 29.3 Å². The van der Waals surface area contributed by atoms with Crippen molar-refractivity contribution in [3.63, 3.8) is 0 Å². The third kappa shape index (κ3) is 3.77. The van der Waals surface area contributed by atoms with Crippen molar-refractivity contribution in [3.05, 3.63) is 35.4 Å². The quantitative estimate of drug-likeness (QED) is 0.728. The lowest BCUT2D eigenvalue weighted by Crippen LogP contribution is -2.29. The van der Waals surface area contributed by atoms with Crippen molar-refractivity contribution in [1.29, 1.82) is 0 Å². The fourth-order valence-corrected chi connectivity index (χ4v) is 1.63. The van der Waals surface area contributed by atoms with Crippen LogP contribution in [-0.2, 0) is 25.5 Å². The summed E-state index contributed by atoms with van der Waals surface area (Å²) in [5.74, 6) is -1.42. The van der Waals surface area contributed by atoms with Crippen LogP contribution < -0.4 is 0 Å². The molecule has 19 heavy (non-hydrogen) atoms. The molecule has 0 aliphatic carbocycles. The number of hydrogen-bond donors (Lipinski definition) is 2. The van der Waals surface area contributed by atoms with Gasteiger partial charge >= 0.3 is 11.9 Å². The molecule has 0 amide bonds. The zero-order chi connectivity index (χ0) is 14.4. The van der Waals surface area contributed by atoms with Crippen molar-refractivity contribution in [2.75, 3.05) is 14.2 Å². The number of carbonyl (C=O) groups is 2. The summed E-state index contributed by atoms with van der Waals surface area (Å²) in [5.41, 5.74) is 0.760. The predicted octanol–water partition coefficient (Wildman–Crippen LogP) is -0.0306. The number of rotatable bonds is 5. The fourth-order valence-electron chi connectivity index (χ4n) is 1.63. The molecule has 0 bridgehead atoms. The van der Waals surface area contributed by atoms with E-state index in [2.05, 4.69) is 9.47 Å². The van der Waals surface area contributed by atoms with Crippen LogP contribution in [0.4, 0.5) is 0 Å². The van der Waals surface area contributed by atoms with E-state index in [-0.39, 0.29) is 12.0 Å². The molecule has 0 radical (unpaired) electrons. The number of carbonyl (C=O) groups excluding carboxylic acids is 2. The molecule has 0 aliphatic rings. The van der Waals surface area contributed by atoms with Gasteiger partial charge in [0.1, 0.15) is 6.10 Å². The average Bonchev–Trinajstić information content (AvgIpc) is 2.45. The van der Waals surface area contributed by atoms with E-state index in [4.69, 9.17) is 0 Å². The Hall–Kier alpha value is -1.92. The standard InChI is InChI=1S/C13H16O6/c1-18-10(14)7-8-5-3-4-6-9(8)11(15)12(16)13(17)19-2/h3-6,11-12,15-16H,7H2,1-2H3. The molecule has 0 aromatic heterocycles. The van der Waals surface area contributed by atoms with Gasteiger partial charge in [-0.1, -0.05) is 24.3 Å². The van der Waals surface area contributed by atoms with Gasteiger partial charge in [-0.15, -0.1) is 0 Å². The molecule has 0 spiro atoms. The van der Waals surface area contributed by atoms with Crippen molar-refractivity contribution in [2.24, 2.45) is 0 Å². The van der Waals surface area contributed by atoms with E-state index in [1.807, 2.05) is 0 Å². The number of esters is 2. The van der Waals surface area contributed by atoms with E-state index in [9.17, 15) is 19.8 Å². The number of methoxy groups -OCH3 is 2. The molecule has 1 aromatic rings. The Bertz CT molecular complexity index is 456. The van der Waals surface area contributed by atoms with Crippen molar-refractivity contribution in [3.8, 4) is 0 Å². The molecular weight excluding hydrogens is 252 g/mol. The van der Waals surface area contributed by atoms with Gasteiger partial charge in [0.05, 0.1) is 20.6 Å². The van der Waals surface area contributed by atoms with Crippen LogP contribution >= 0.6 is 0 Å². The van der Waals surface area contributed by atoms with Crippen LogP contribution in [0.25, 0.3) is 0 Å². The van der Waals surface area contributed by atoms with Gasteiger partial charge in [-0.3, -0.25) is 4.79 Å². The van der Waals surface area contributed by atoms with Gasteiger partial charge < -0.3 is 19.7 Å². The summed E-state index contributed by atoms with van der Waals surface area (Å²) in [6.45, 7) is 0. The van der Waals surface area contributed by atoms with E-state index in [1.54, 1.807) is 18.2 Å². The Morgan fingerprint density at radius 1 is 1.16 bits per heavy atom. The first-order valence-corrected chi connectivity index (χ1v) is 5.59. The lowest BCUT2D eigenvalue weighted by molar-refractivity contribution is -0.156. The minimum Gasteiger partial charge on any atom is -0.469 e. The van der Waals surface area contributed by atoms with E-state index >= 15 is 0 Å². The number of hydrogen-bond acceptors (Lipinski definition) is 6. The molecule has 0 saturated heterocycles. The van der Waals surface area contributed by atoms with Crippen LogP contribution in [0.5, 0.6) is 0 Å². The third-order valence-corrected chi connectivity index (χ3v) is 2.68. The van der Waals surface area contributed by atoms with Crippen LogP contribution in [0.2, 0.25) is 0 Å². The molecule has 104 valence electrons. The molecular formula is C13H16O6.